The molecule has 2 fully saturated rings. The smallest absolute Gasteiger partial charge is 0.411 e. The Balaban J connectivity index is 2.19. The van der Waals surface area contributed by atoms with Crippen molar-refractivity contribution in [2.24, 2.45) is 0 Å². The fraction of sp³-hybridized carbons (Fsp3) is 0.765. The maximum atomic E-state index is 13.1. The molecular weight excluding hydrogens is 342 g/mol. The van der Waals surface area contributed by atoms with Crippen LogP contribution in [-0.4, -0.2) is 78.1 Å². The largest absolute Gasteiger partial charge is 0.467 e. The maximum Gasteiger partial charge on any atom is 0.411 e. The summed E-state index contributed by atoms with van der Waals surface area (Å²) >= 11 is 0. The van der Waals surface area contributed by atoms with Crippen molar-refractivity contribution in [1.82, 2.24) is 15.1 Å². The lowest BCUT2D eigenvalue weighted by molar-refractivity contribution is -0.152. The monoisotopic (exact) mass is 369 g/mol. The molecule has 2 aliphatic rings. The molecule has 0 aromatic carbocycles. The lowest BCUT2D eigenvalue weighted by Crippen LogP contribution is -2.51. The molecule has 0 radical (unpaired) electrons. The summed E-state index contributed by atoms with van der Waals surface area (Å²) < 4.78 is 10.2. The highest BCUT2D eigenvalue weighted by Gasteiger charge is 2.46. The zero-order chi connectivity index (χ0) is 19.5. The molecule has 2 heterocycles. The first-order valence-corrected chi connectivity index (χ1v) is 8.75. The predicted octanol–water partition coefficient (Wildman–Crippen LogP) is 0.274. The average Bonchev–Trinajstić information content (AvgIpc) is 3.19. The Morgan fingerprint density at radius 1 is 1.15 bits per heavy atom. The third-order valence-corrected chi connectivity index (χ3v) is 4.53. The molecule has 2 rings (SSSR count). The van der Waals surface area contributed by atoms with Crippen molar-refractivity contribution in [1.29, 1.82) is 0 Å². The third kappa shape index (κ3) is 4.44. The van der Waals surface area contributed by atoms with E-state index in [1.54, 1.807) is 20.8 Å². The van der Waals surface area contributed by atoms with E-state index >= 15 is 0 Å². The van der Waals surface area contributed by atoms with E-state index in [0.29, 0.717) is 25.8 Å². The molecule has 0 aromatic rings. The number of amides is 3. The Morgan fingerprint density at radius 2 is 1.85 bits per heavy atom. The Bertz CT molecular complexity index is 573. The maximum absolute atomic E-state index is 13.1. The number of hydrogen-bond acceptors (Lipinski definition) is 6. The topological polar surface area (TPSA) is 105 Å². The fourth-order valence-corrected chi connectivity index (χ4v) is 3.41. The molecule has 0 spiro atoms. The summed E-state index contributed by atoms with van der Waals surface area (Å²) in [5, 5.41) is 2.62. The van der Waals surface area contributed by atoms with Crippen LogP contribution in [0, 0.1) is 0 Å². The van der Waals surface area contributed by atoms with Gasteiger partial charge in [0.1, 0.15) is 17.7 Å². The second kappa shape index (κ2) is 7.92. The van der Waals surface area contributed by atoms with Crippen molar-refractivity contribution in [2.45, 2.75) is 63.8 Å². The standard InChI is InChI=1S/C17H27N3O6/c1-17(2,3)26-16(24)20-9-11(18-10-21)8-13(20)14(22)19-7-5-6-12(19)15(23)25-4/h10-13H,5-9H2,1-4H3,(H,18,21)/t11?,12-,13-/m0/s1. The van der Waals surface area contributed by atoms with Gasteiger partial charge in [0.2, 0.25) is 12.3 Å². The van der Waals surface area contributed by atoms with Crippen LogP contribution in [0.3, 0.4) is 0 Å². The van der Waals surface area contributed by atoms with Gasteiger partial charge in [-0.2, -0.15) is 0 Å². The van der Waals surface area contributed by atoms with Gasteiger partial charge in [0.05, 0.1) is 7.11 Å². The van der Waals surface area contributed by atoms with E-state index in [-0.39, 0.29) is 24.9 Å². The lowest BCUT2D eigenvalue weighted by Gasteiger charge is -2.31. The lowest BCUT2D eigenvalue weighted by atomic mass is 10.1. The third-order valence-electron chi connectivity index (χ3n) is 4.53. The van der Waals surface area contributed by atoms with Gasteiger partial charge in [-0.15, -0.1) is 0 Å². The van der Waals surface area contributed by atoms with E-state index in [1.807, 2.05) is 0 Å². The van der Waals surface area contributed by atoms with Crippen molar-refractivity contribution in [3.8, 4) is 0 Å². The average molecular weight is 369 g/mol. The molecule has 0 aromatic heterocycles. The van der Waals surface area contributed by atoms with E-state index in [0.717, 1.165) is 0 Å². The van der Waals surface area contributed by atoms with Crippen LogP contribution in [0.15, 0.2) is 0 Å². The second-order valence-electron chi connectivity index (χ2n) is 7.58. The number of carbonyl (C=O) groups is 4. The number of nitrogens with one attached hydrogen (secondary N) is 1. The Morgan fingerprint density at radius 3 is 2.42 bits per heavy atom. The molecule has 9 heteroatoms. The van der Waals surface area contributed by atoms with Gasteiger partial charge in [-0.25, -0.2) is 9.59 Å². The van der Waals surface area contributed by atoms with E-state index in [9.17, 15) is 19.2 Å². The molecular formula is C17H27N3O6. The molecule has 2 aliphatic heterocycles. The van der Waals surface area contributed by atoms with E-state index in [1.165, 1.54) is 16.9 Å². The van der Waals surface area contributed by atoms with Gasteiger partial charge < -0.3 is 19.7 Å². The first kappa shape index (κ1) is 20.0. The zero-order valence-electron chi connectivity index (χ0n) is 15.7. The minimum Gasteiger partial charge on any atom is -0.467 e. The van der Waals surface area contributed by atoms with Crippen LogP contribution in [0.4, 0.5) is 4.79 Å². The Kier molecular flexibility index (Phi) is 6.09. The van der Waals surface area contributed by atoms with Crippen LogP contribution in [-0.2, 0) is 23.9 Å². The number of hydrogen-bond donors (Lipinski definition) is 1. The second-order valence-corrected chi connectivity index (χ2v) is 7.58. The van der Waals surface area contributed by atoms with Gasteiger partial charge in [0.15, 0.2) is 0 Å². The molecule has 3 amide bonds. The van der Waals surface area contributed by atoms with Gasteiger partial charge in [-0.1, -0.05) is 0 Å². The summed E-state index contributed by atoms with van der Waals surface area (Å²) in [5.74, 6) is -0.779. The minimum atomic E-state index is -0.785. The summed E-state index contributed by atoms with van der Waals surface area (Å²) in [6.07, 6.45) is 1.45. The molecule has 0 bridgehead atoms. The van der Waals surface area contributed by atoms with Crippen LogP contribution in [0.25, 0.3) is 0 Å². The van der Waals surface area contributed by atoms with Gasteiger partial charge in [0.25, 0.3) is 0 Å². The molecule has 3 atom stereocenters. The molecule has 9 nitrogen and oxygen atoms in total. The highest BCUT2D eigenvalue weighted by molar-refractivity contribution is 5.90. The normalized spacial score (nSPS) is 25.8. The van der Waals surface area contributed by atoms with Crippen molar-refractivity contribution < 1.29 is 28.7 Å². The minimum absolute atomic E-state index is 0.181. The fourth-order valence-electron chi connectivity index (χ4n) is 3.41. The molecule has 26 heavy (non-hydrogen) atoms. The summed E-state index contributed by atoms with van der Waals surface area (Å²) in [6, 6.07) is -1.76. The molecule has 2 saturated heterocycles. The number of rotatable bonds is 4. The first-order chi connectivity index (χ1) is 12.2. The van der Waals surface area contributed by atoms with E-state index in [4.69, 9.17) is 9.47 Å². The molecule has 0 saturated carbocycles. The van der Waals surface area contributed by atoms with Crippen LogP contribution in [0.2, 0.25) is 0 Å². The summed E-state index contributed by atoms with van der Waals surface area (Å²) in [6.45, 7) is 5.84. The van der Waals surface area contributed by atoms with Crippen molar-refractivity contribution >= 4 is 24.4 Å². The van der Waals surface area contributed by atoms with Crippen LogP contribution in [0.1, 0.15) is 40.0 Å². The molecule has 0 aliphatic carbocycles. The molecule has 1 unspecified atom stereocenters. The number of nitrogens with zero attached hydrogens (tertiary/aromatic N) is 2. The zero-order valence-corrected chi connectivity index (χ0v) is 15.7. The number of ether oxygens (including phenoxy) is 2. The van der Waals surface area contributed by atoms with E-state index in [2.05, 4.69) is 5.32 Å². The quantitative estimate of drug-likeness (QED) is 0.563. The predicted molar refractivity (Wildman–Crippen MR) is 91.1 cm³/mol. The first-order valence-electron chi connectivity index (χ1n) is 8.75. The highest BCUT2D eigenvalue weighted by Crippen LogP contribution is 2.27. The highest BCUT2D eigenvalue weighted by atomic mass is 16.6. The van der Waals surface area contributed by atoms with Gasteiger partial charge in [-0.05, 0) is 40.0 Å². The number of methoxy groups -OCH3 is 1. The summed E-state index contributed by atoms with van der Waals surface area (Å²) in [7, 11) is 1.29. The number of carbonyl (C=O) groups excluding carboxylic acids is 4. The van der Waals surface area contributed by atoms with Gasteiger partial charge in [0, 0.05) is 19.1 Å². The summed E-state index contributed by atoms with van der Waals surface area (Å²) in [4.78, 5) is 51.1. The SMILES string of the molecule is COC(=O)[C@@H]1CCCN1C(=O)[C@@H]1CC(NC=O)CN1C(=O)OC(C)(C)C. The van der Waals surface area contributed by atoms with E-state index < -0.39 is 29.7 Å². The van der Waals surface area contributed by atoms with Gasteiger partial charge in [-0.3, -0.25) is 14.5 Å². The van der Waals surface area contributed by atoms with Gasteiger partial charge >= 0.3 is 12.1 Å². The van der Waals surface area contributed by atoms with Crippen molar-refractivity contribution in [3.05, 3.63) is 0 Å². The molecule has 146 valence electrons. The van der Waals surface area contributed by atoms with Crippen LogP contribution < -0.4 is 5.32 Å². The number of likely N-dealkylation sites (tertiary alicyclic amines) is 2. The van der Waals surface area contributed by atoms with Crippen LogP contribution in [0.5, 0.6) is 0 Å². The molecule has 1 N–H and O–H groups in total. The summed E-state index contributed by atoms with van der Waals surface area (Å²) in [5.41, 5.74) is -0.705. The van der Waals surface area contributed by atoms with Crippen molar-refractivity contribution in [2.75, 3.05) is 20.2 Å². The van der Waals surface area contributed by atoms with Crippen LogP contribution >= 0.6 is 0 Å². The Labute approximate surface area is 153 Å². The Hall–Kier alpha value is -2.32. The number of esters is 1. The van der Waals surface area contributed by atoms with Crippen molar-refractivity contribution in [3.63, 3.8) is 0 Å².